The van der Waals surface area contributed by atoms with Gasteiger partial charge in [0.25, 0.3) is 0 Å². The molecule has 0 fully saturated rings. The molecular weight excluding hydrogens is 270 g/mol. The highest BCUT2D eigenvalue weighted by molar-refractivity contribution is 5.92. The minimum Gasteiger partial charge on any atom is -0.353 e. The van der Waals surface area contributed by atoms with Gasteiger partial charge in [-0.1, -0.05) is 20.8 Å². The van der Waals surface area contributed by atoms with Crippen LogP contribution in [-0.4, -0.2) is 55.7 Å². The maximum absolute atomic E-state index is 12.2. The van der Waals surface area contributed by atoms with Crippen LogP contribution in [0.3, 0.4) is 0 Å². The van der Waals surface area contributed by atoms with Crippen LogP contribution in [0.25, 0.3) is 0 Å². The highest BCUT2D eigenvalue weighted by atomic mass is 16.2. The maximum atomic E-state index is 12.2. The molecule has 0 bridgehead atoms. The van der Waals surface area contributed by atoms with Gasteiger partial charge in [0.1, 0.15) is 11.8 Å². The summed E-state index contributed by atoms with van der Waals surface area (Å²) in [6, 6.07) is -0.741. The lowest BCUT2D eigenvalue weighted by Crippen LogP contribution is -2.50. The molecule has 0 aromatic rings. The lowest BCUT2D eigenvalue weighted by molar-refractivity contribution is -0.141. The highest BCUT2D eigenvalue weighted by Gasteiger charge is 2.29. The number of carbonyl (C=O) groups excluding carboxylic acids is 3. The number of amides is 2. The fourth-order valence-corrected chi connectivity index (χ4v) is 1.86. The summed E-state index contributed by atoms with van der Waals surface area (Å²) in [5, 5.41) is 5.66. The van der Waals surface area contributed by atoms with Gasteiger partial charge in [-0.3, -0.25) is 14.4 Å². The molecule has 2 amide bonds. The first kappa shape index (κ1) is 19.6. The van der Waals surface area contributed by atoms with Gasteiger partial charge >= 0.3 is 0 Å². The second kappa shape index (κ2) is 8.77. The van der Waals surface area contributed by atoms with Crippen molar-refractivity contribution in [3.63, 3.8) is 0 Å². The molecule has 0 aliphatic carbocycles. The molecule has 0 aromatic carbocycles. The van der Waals surface area contributed by atoms with E-state index >= 15 is 0 Å². The Morgan fingerprint density at radius 3 is 2.14 bits per heavy atom. The van der Waals surface area contributed by atoms with Crippen LogP contribution < -0.4 is 10.6 Å². The van der Waals surface area contributed by atoms with Crippen LogP contribution in [0.15, 0.2) is 0 Å². The summed E-state index contributed by atoms with van der Waals surface area (Å²) in [6.45, 7) is 8.42. The zero-order valence-electron chi connectivity index (χ0n) is 14.1. The number of rotatable bonds is 8. The van der Waals surface area contributed by atoms with E-state index in [2.05, 4.69) is 10.6 Å². The Hall–Kier alpha value is -1.43. The number of ketones is 1. The second-order valence-corrected chi connectivity index (χ2v) is 6.56. The Morgan fingerprint density at radius 1 is 1.14 bits per heavy atom. The normalized spacial score (nSPS) is 12.7. The van der Waals surface area contributed by atoms with E-state index in [9.17, 15) is 14.4 Å². The largest absolute Gasteiger partial charge is 0.353 e. The van der Waals surface area contributed by atoms with E-state index in [0.29, 0.717) is 19.5 Å². The minimum atomic E-state index is -0.741. The molecule has 1 unspecified atom stereocenters. The van der Waals surface area contributed by atoms with Gasteiger partial charge in [-0.05, 0) is 19.4 Å². The van der Waals surface area contributed by atoms with Crippen LogP contribution in [-0.2, 0) is 14.4 Å². The topological polar surface area (TPSA) is 78.5 Å². The quantitative estimate of drug-likeness (QED) is 0.642. The predicted molar refractivity (Wildman–Crippen MR) is 82.9 cm³/mol. The first-order valence-electron chi connectivity index (χ1n) is 7.26. The van der Waals surface area contributed by atoms with E-state index in [1.54, 1.807) is 14.1 Å². The van der Waals surface area contributed by atoms with Crippen molar-refractivity contribution in [2.45, 2.75) is 46.6 Å². The number of likely N-dealkylation sites (N-methyl/N-ethyl adjacent to an activating group) is 2. The standard InChI is InChI=1S/C15H29N3O3/c1-11(19)9-12(14(21)17-8-7-16-5)18(6)13(20)10-15(2,3)4/h12,16H,7-10H2,1-6H3,(H,17,21). The fraction of sp³-hybridized carbons (Fsp3) is 0.800. The fourth-order valence-electron chi connectivity index (χ4n) is 1.86. The summed E-state index contributed by atoms with van der Waals surface area (Å²) >= 11 is 0. The van der Waals surface area contributed by atoms with Gasteiger partial charge in [-0.15, -0.1) is 0 Å². The van der Waals surface area contributed by atoms with E-state index < -0.39 is 6.04 Å². The van der Waals surface area contributed by atoms with Crippen molar-refractivity contribution in [2.24, 2.45) is 5.41 Å². The van der Waals surface area contributed by atoms with E-state index in [1.807, 2.05) is 20.8 Å². The van der Waals surface area contributed by atoms with Crippen LogP contribution in [0.4, 0.5) is 0 Å². The molecule has 6 nitrogen and oxygen atoms in total. The number of carbonyl (C=O) groups is 3. The summed E-state index contributed by atoms with van der Waals surface area (Å²) in [4.78, 5) is 37.2. The smallest absolute Gasteiger partial charge is 0.243 e. The molecule has 21 heavy (non-hydrogen) atoms. The Labute approximate surface area is 127 Å². The molecule has 122 valence electrons. The monoisotopic (exact) mass is 299 g/mol. The SMILES string of the molecule is CNCCNC(=O)C(CC(C)=O)N(C)C(=O)CC(C)(C)C. The molecule has 0 rings (SSSR count). The molecular formula is C15H29N3O3. The summed E-state index contributed by atoms with van der Waals surface area (Å²) in [6.07, 6.45) is 0.374. The van der Waals surface area contributed by atoms with Crippen molar-refractivity contribution in [3.8, 4) is 0 Å². The van der Waals surface area contributed by atoms with Crippen molar-refractivity contribution in [1.82, 2.24) is 15.5 Å². The molecule has 0 aliphatic heterocycles. The summed E-state index contributed by atoms with van der Waals surface area (Å²) in [5.41, 5.74) is -0.158. The Bertz CT molecular complexity index is 375. The van der Waals surface area contributed by atoms with Gasteiger partial charge in [0.05, 0.1) is 0 Å². The average Bonchev–Trinajstić information content (AvgIpc) is 2.32. The Kier molecular flexibility index (Phi) is 8.17. The van der Waals surface area contributed by atoms with Crippen molar-refractivity contribution in [3.05, 3.63) is 0 Å². The Balaban J connectivity index is 4.83. The van der Waals surface area contributed by atoms with Crippen molar-refractivity contribution in [2.75, 3.05) is 27.2 Å². The van der Waals surface area contributed by atoms with Gasteiger partial charge in [0, 0.05) is 33.0 Å². The summed E-state index contributed by atoms with van der Waals surface area (Å²) < 4.78 is 0. The van der Waals surface area contributed by atoms with Crippen LogP contribution in [0.5, 0.6) is 0 Å². The molecule has 0 saturated carbocycles. The van der Waals surface area contributed by atoms with Crippen molar-refractivity contribution < 1.29 is 14.4 Å². The average molecular weight is 299 g/mol. The molecule has 0 saturated heterocycles. The summed E-state index contributed by atoms with van der Waals surface area (Å²) in [7, 11) is 3.37. The third-order valence-electron chi connectivity index (χ3n) is 3.00. The van der Waals surface area contributed by atoms with Crippen LogP contribution >= 0.6 is 0 Å². The zero-order valence-corrected chi connectivity index (χ0v) is 14.1. The van der Waals surface area contributed by atoms with Crippen molar-refractivity contribution >= 4 is 17.6 Å². The van der Waals surface area contributed by atoms with Crippen molar-refractivity contribution in [1.29, 1.82) is 0 Å². The number of Topliss-reactive ketones (excluding diaryl/α,β-unsaturated/α-hetero) is 1. The number of hydrogen-bond donors (Lipinski definition) is 2. The lowest BCUT2D eigenvalue weighted by Gasteiger charge is -2.29. The van der Waals surface area contributed by atoms with E-state index in [1.165, 1.54) is 11.8 Å². The number of nitrogens with zero attached hydrogens (tertiary/aromatic N) is 1. The molecule has 0 aromatic heterocycles. The highest BCUT2D eigenvalue weighted by Crippen LogP contribution is 2.20. The predicted octanol–water partition coefficient (Wildman–Crippen LogP) is 0.564. The number of nitrogens with one attached hydrogen (secondary N) is 2. The van der Waals surface area contributed by atoms with Gasteiger partial charge in [0.2, 0.25) is 11.8 Å². The molecule has 0 spiro atoms. The first-order chi connectivity index (χ1) is 9.58. The molecule has 6 heteroatoms. The summed E-state index contributed by atoms with van der Waals surface area (Å²) in [5.74, 6) is -0.526. The van der Waals surface area contributed by atoms with Gasteiger partial charge in [-0.25, -0.2) is 0 Å². The maximum Gasteiger partial charge on any atom is 0.243 e. The van der Waals surface area contributed by atoms with E-state index in [0.717, 1.165) is 0 Å². The first-order valence-corrected chi connectivity index (χ1v) is 7.26. The van der Waals surface area contributed by atoms with Gasteiger partial charge in [0.15, 0.2) is 0 Å². The lowest BCUT2D eigenvalue weighted by atomic mass is 9.91. The van der Waals surface area contributed by atoms with E-state index in [4.69, 9.17) is 0 Å². The second-order valence-electron chi connectivity index (χ2n) is 6.56. The molecule has 0 radical (unpaired) electrons. The van der Waals surface area contributed by atoms with Crippen LogP contribution in [0, 0.1) is 5.41 Å². The third-order valence-corrected chi connectivity index (χ3v) is 3.00. The van der Waals surface area contributed by atoms with Gasteiger partial charge < -0.3 is 15.5 Å². The number of hydrogen-bond acceptors (Lipinski definition) is 4. The third kappa shape index (κ3) is 8.45. The molecule has 0 heterocycles. The van der Waals surface area contributed by atoms with E-state index in [-0.39, 0.29) is 29.4 Å². The minimum absolute atomic E-state index is 0.0395. The van der Waals surface area contributed by atoms with Crippen LogP contribution in [0.1, 0.15) is 40.5 Å². The zero-order chi connectivity index (χ0) is 16.6. The Morgan fingerprint density at radius 2 is 1.71 bits per heavy atom. The molecule has 2 N–H and O–H groups in total. The van der Waals surface area contributed by atoms with Crippen LogP contribution in [0.2, 0.25) is 0 Å². The molecule has 0 aliphatic rings. The van der Waals surface area contributed by atoms with Gasteiger partial charge in [-0.2, -0.15) is 0 Å². The molecule has 1 atom stereocenters.